The quantitative estimate of drug-likeness (QED) is 0.243. The van der Waals surface area contributed by atoms with Gasteiger partial charge in [-0.15, -0.1) is 0 Å². The Labute approximate surface area is 201 Å². The minimum atomic E-state index is -2.41. The molecule has 0 spiro atoms. The van der Waals surface area contributed by atoms with Crippen LogP contribution in [-0.4, -0.2) is 20.0 Å². The lowest BCUT2D eigenvalue weighted by Crippen LogP contribution is -2.66. The first kappa shape index (κ1) is 25.4. The molecule has 0 aromatic heterocycles. The third kappa shape index (κ3) is 6.66. The zero-order valence-corrected chi connectivity index (χ0v) is 21.5. The molecule has 3 rings (SSSR count). The van der Waals surface area contributed by atoms with Crippen LogP contribution in [0.15, 0.2) is 91.0 Å². The lowest BCUT2D eigenvalue weighted by Gasteiger charge is -2.43. The van der Waals surface area contributed by atoms with E-state index in [0.717, 1.165) is 37.9 Å². The smallest absolute Gasteiger partial charge is 0.261 e. The molecule has 0 bridgehead atoms. The first-order valence-corrected chi connectivity index (χ1v) is 14.3. The van der Waals surface area contributed by atoms with E-state index >= 15 is 0 Å². The molecule has 33 heavy (non-hydrogen) atoms. The van der Waals surface area contributed by atoms with Crippen LogP contribution in [0.1, 0.15) is 71.0 Å². The van der Waals surface area contributed by atoms with Gasteiger partial charge in [0.25, 0.3) is 8.32 Å². The van der Waals surface area contributed by atoms with Crippen molar-refractivity contribution >= 4 is 18.7 Å². The number of aliphatic hydroxyl groups excluding tert-OH is 1. The van der Waals surface area contributed by atoms with Gasteiger partial charge in [-0.1, -0.05) is 137 Å². The van der Waals surface area contributed by atoms with E-state index < -0.39 is 8.32 Å². The summed E-state index contributed by atoms with van der Waals surface area (Å²) >= 11 is 0. The van der Waals surface area contributed by atoms with Crippen LogP contribution >= 0.6 is 0 Å². The Morgan fingerprint density at radius 3 is 1.64 bits per heavy atom. The molecule has 2 nitrogen and oxygen atoms in total. The molecular formula is C30H40O2Si. The van der Waals surface area contributed by atoms with Gasteiger partial charge >= 0.3 is 0 Å². The van der Waals surface area contributed by atoms with Crippen molar-refractivity contribution in [1.29, 1.82) is 0 Å². The summed E-state index contributed by atoms with van der Waals surface area (Å²) in [5, 5.41) is 13.1. The zero-order chi connectivity index (χ0) is 23.6. The van der Waals surface area contributed by atoms with Crippen LogP contribution in [0.5, 0.6) is 0 Å². The van der Waals surface area contributed by atoms with E-state index in [4.69, 9.17) is 4.43 Å². The Balaban J connectivity index is 1.53. The molecule has 1 N–H and O–H groups in total. The van der Waals surface area contributed by atoms with E-state index in [2.05, 4.69) is 81.4 Å². The van der Waals surface area contributed by atoms with Crippen LogP contribution < -0.4 is 10.4 Å². The molecule has 176 valence electrons. The van der Waals surface area contributed by atoms with E-state index in [0.29, 0.717) is 0 Å². The Morgan fingerprint density at radius 2 is 1.12 bits per heavy atom. The summed E-state index contributed by atoms with van der Waals surface area (Å²) in [4.78, 5) is 0. The number of hydrogen-bond acceptors (Lipinski definition) is 2. The average Bonchev–Trinajstić information content (AvgIpc) is 2.84. The van der Waals surface area contributed by atoms with Gasteiger partial charge in [0, 0.05) is 6.61 Å². The van der Waals surface area contributed by atoms with Crippen molar-refractivity contribution in [3.63, 3.8) is 0 Å². The summed E-state index contributed by atoms with van der Waals surface area (Å²) in [6, 6.07) is 31.7. The third-order valence-corrected chi connectivity index (χ3v) is 11.6. The second-order valence-electron chi connectivity index (χ2n) is 9.99. The third-order valence-electron chi connectivity index (χ3n) is 6.54. The van der Waals surface area contributed by atoms with Gasteiger partial charge in [0.1, 0.15) is 0 Å². The zero-order valence-electron chi connectivity index (χ0n) is 20.5. The fourth-order valence-electron chi connectivity index (χ4n) is 4.80. The molecule has 0 aliphatic rings. The summed E-state index contributed by atoms with van der Waals surface area (Å²) in [5.74, 6) is 0. The fourth-order valence-corrected chi connectivity index (χ4v) is 9.40. The summed E-state index contributed by atoms with van der Waals surface area (Å²) in [5.41, 5.74) is 1.02. The van der Waals surface area contributed by atoms with Gasteiger partial charge in [0.2, 0.25) is 0 Å². The van der Waals surface area contributed by atoms with Gasteiger partial charge < -0.3 is 9.53 Å². The average molecular weight is 461 g/mol. The first-order valence-electron chi connectivity index (χ1n) is 12.4. The minimum absolute atomic E-state index is 0.0310. The highest BCUT2D eigenvalue weighted by Crippen LogP contribution is 2.36. The van der Waals surface area contributed by atoms with Crippen LogP contribution in [0, 0.1) is 0 Å². The molecule has 3 aromatic carbocycles. The number of aliphatic hydroxyl groups is 1. The number of hydrogen-bond donors (Lipinski definition) is 1. The van der Waals surface area contributed by atoms with Crippen LogP contribution in [0.25, 0.3) is 0 Å². The second kappa shape index (κ2) is 12.3. The Kier molecular flexibility index (Phi) is 9.48. The maximum atomic E-state index is 10.3. The summed E-state index contributed by atoms with van der Waals surface area (Å²) in [6.07, 6.45) is 6.14. The maximum absolute atomic E-state index is 10.3. The van der Waals surface area contributed by atoms with E-state index in [1.807, 2.05) is 30.3 Å². The van der Waals surface area contributed by atoms with E-state index in [9.17, 15) is 5.11 Å². The molecule has 0 saturated heterocycles. The molecule has 0 saturated carbocycles. The van der Waals surface area contributed by atoms with Gasteiger partial charge in [-0.2, -0.15) is 0 Å². The van der Waals surface area contributed by atoms with Gasteiger partial charge in [-0.25, -0.2) is 0 Å². The van der Waals surface area contributed by atoms with Crippen molar-refractivity contribution in [2.75, 3.05) is 6.61 Å². The Hall–Kier alpha value is -2.20. The molecular weight excluding hydrogens is 420 g/mol. The molecule has 0 amide bonds. The normalized spacial score (nSPS) is 13.1. The predicted octanol–water partition coefficient (Wildman–Crippen LogP) is 6.64. The highest BCUT2D eigenvalue weighted by molar-refractivity contribution is 6.99. The van der Waals surface area contributed by atoms with Crippen molar-refractivity contribution < 1.29 is 9.53 Å². The SMILES string of the molecule is CC(C)(C)[Si](OCCCCCCCC(O)c1ccccc1)(c1ccccc1)c1ccccc1. The molecule has 0 aliphatic heterocycles. The fraction of sp³-hybridized carbons (Fsp3) is 0.400. The molecule has 0 fully saturated rings. The van der Waals surface area contributed by atoms with Crippen molar-refractivity contribution in [1.82, 2.24) is 0 Å². The van der Waals surface area contributed by atoms with Crippen LogP contribution in [0.2, 0.25) is 5.04 Å². The Bertz CT molecular complexity index is 880. The number of unbranched alkanes of at least 4 members (excludes halogenated alkanes) is 4. The highest BCUT2D eigenvalue weighted by Gasteiger charge is 2.49. The molecule has 1 atom stereocenters. The van der Waals surface area contributed by atoms with E-state index in [-0.39, 0.29) is 11.1 Å². The standard InChI is InChI=1S/C30H40O2Si/c1-30(2,3)33(27-20-12-8-13-21-27,28-22-14-9-15-23-28)32-25-17-6-4-5-16-24-29(31)26-18-10-7-11-19-26/h7-15,18-23,29,31H,4-6,16-17,24-25H2,1-3H3. The predicted molar refractivity (Wildman–Crippen MR) is 143 cm³/mol. The summed E-state index contributed by atoms with van der Waals surface area (Å²) in [6.45, 7) is 7.78. The largest absolute Gasteiger partial charge is 0.407 e. The summed E-state index contributed by atoms with van der Waals surface area (Å²) in [7, 11) is -2.41. The highest BCUT2D eigenvalue weighted by atomic mass is 28.4. The molecule has 3 heteroatoms. The molecule has 0 radical (unpaired) electrons. The van der Waals surface area contributed by atoms with Gasteiger partial charge in [0.05, 0.1) is 6.10 Å². The monoisotopic (exact) mass is 460 g/mol. The molecule has 1 unspecified atom stereocenters. The molecule has 3 aromatic rings. The van der Waals surface area contributed by atoms with Crippen LogP contribution in [-0.2, 0) is 4.43 Å². The van der Waals surface area contributed by atoms with Crippen molar-refractivity contribution in [3.05, 3.63) is 96.6 Å². The summed E-state index contributed by atoms with van der Waals surface area (Å²) < 4.78 is 6.97. The minimum Gasteiger partial charge on any atom is -0.407 e. The van der Waals surface area contributed by atoms with E-state index in [1.165, 1.54) is 23.2 Å². The van der Waals surface area contributed by atoms with Gasteiger partial charge in [-0.3, -0.25) is 0 Å². The molecule has 0 aliphatic carbocycles. The molecule has 0 heterocycles. The van der Waals surface area contributed by atoms with Crippen LogP contribution in [0.4, 0.5) is 0 Å². The van der Waals surface area contributed by atoms with Crippen molar-refractivity contribution in [3.8, 4) is 0 Å². The second-order valence-corrected chi connectivity index (χ2v) is 14.3. The lowest BCUT2D eigenvalue weighted by atomic mass is 10.0. The first-order chi connectivity index (χ1) is 15.9. The van der Waals surface area contributed by atoms with E-state index in [1.54, 1.807) is 0 Å². The van der Waals surface area contributed by atoms with Crippen molar-refractivity contribution in [2.24, 2.45) is 0 Å². The van der Waals surface area contributed by atoms with Gasteiger partial charge in [-0.05, 0) is 33.8 Å². The lowest BCUT2D eigenvalue weighted by molar-refractivity contribution is 0.163. The van der Waals surface area contributed by atoms with Crippen LogP contribution in [0.3, 0.4) is 0 Å². The van der Waals surface area contributed by atoms with Gasteiger partial charge in [0.15, 0.2) is 0 Å². The number of rotatable bonds is 12. The maximum Gasteiger partial charge on any atom is 0.261 e. The van der Waals surface area contributed by atoms with Crippen molar-refractivity contribution in [2.45, 2.75) is 70.4 Å². The Morgan fingerprint density at radius 1 is 0.667 bits per heavy atom. The topological polar surface area (TPSA) is 29.5 Å². The number of benzene rings is 3.